The molecule has 0 fully saturated rings. The van der Waals surface area contributed by atoms with Crippen molar-refractivity contribution < 1.29 is 13.2 Å². The number of hydrogen-bond acceptors (Lipinski definition) is 5. The minimum Gasteiger partial charge on any atom is -0.372 e. The molecular formula is C14H18N2O3S2. The zero-order valence-corrected chi connectivity index (χ0v) is 13.8. The summed E-state index contributed by atoms with van der Waals surface area (Å²) < 4.78 is 30.3. The average molecular weight is 326 g/mol. The van der Waals surface area contributed by atoms with Crippen LogP contribution in [-0.4, -0.2) is 26.3 Å². The van der Waals surface area contributed by atoms with Gasteiger partial charge in [-0.2, -0.15) is 0 Å². The first-order valence-corrected chi connectivity index (χ1v) is 9.31. The number of aromatic nitrogens is 1. The SMILES string of the molecule is CCO[C@H](C)c1nc(-c2ccc(NS(C)(=O)=O)cc2)cs1. The average Bonchev–Trinajstić information content (AvgIpc) is 2.87. The van der Waals surface area contributed by atoms with E-state index in [-0.39, 0.29) is 6.10 Å². The summed E-state index contributed by atoms with van der Waals surface area (Å²) in [5, 5.41) is 2.91. The van der Waals surface area contributed by atoms with Crippen molar-refractivity contribution in [3.8, 4) is 11.3 Å². The lowest BCUT2D eigenvalue weighted by molar-refractivity contribution is 0.0762. The molecule has 0 aliphatic carbocycles. The molecule has 0 spiro atoms. The largest absolute Gasteiger partial charge is 0.372 e. The summed E-state index contributed by atoms with van der Waals surface area (Å²) in [6.07, 6.45) is 1.11. The summed E-state index contributed by atoms with van der Waals surface area (Å²) in [5.74, 6) is 0. The second-order valence-electron chi connectivity index (χ2n) is 4.62. The van der Waals surface area contributed by atoms with Gasteiger partial charge in [0.05, 0.1) is 11.9 Å². The summed E-state index contributed by atoms with van der Waals surface area (Å²) in [5.41, 5.74) is 2.35. The maximum atomic E-state index is 11.2. The Morgan fingerprint density at radius 1 is 1.33 bits per heavy atom. The zero-order chi connectivity index (χ0) is 15.5. The summed E-state index contributed by atoms with van der Waals surface area (Å²) >= 11 is 1.56. The van der Waals surface area contributed by atoms with Gasteiger partial charge in [0.25, 0.3) is 0 Å². The van der Waals surface area contributed by atoms with E-state index in [2.05, 4.69) is 9.71 Å². The smallest absolute Gasteiger partial charge is 0.229 e. The molecule has 1 aromatic carbocycles. The number of anilines is 1. The van der Waals surface area contributed by atoms with Gasteiger partial charge in [0.15, 0.2) is 0 Å². The Labute approximate surface area is 129 Å². The molecule has 1 heterocycles. The molecule has 0 saturated heterocycles. The fraction of sp³-hybridized carbons (Fsp3) is 0.357. The number of rotatable bonds is 6. The molecule has 0 aliphatic heterocycles. The van der Waals surface area contributed by atoms with E-state index in [0.717, 1.165) is 22.5 Å². The first kappa shape index (κ1) is 15.9. The highest BCUT2D eigenvalue weighted by molar-refractivity contribution is 7.92. The molecule has 2 aromatic rings. The van der Waals surface area contributed by atoms with Crippen LogP contribution in [0, 0.1) is 0 Å². The van der Waals surface area contributed by atoms with Gasteiger partial charge in [-0.1, -0.05) is 12.1 Å². The van der Waals surface area contributed by atoms with Gasteiger partial charge >= 0.3 is 0 Å². The third kappa shape index (κ3) is 4.52. The van der Waals surface area contributed by atoms with E-state index in [4.69, 9.17) is 4.74 Å². The number of sulfonamides is 1. The van der Waals surface area contributed by atoms with Crippen molar-refractivity contribution in [1.82, 2.24) is 4.98 Å². The Kier molecular flexibility index (Phi) is 4.97. The summed E-state index contributed by atoms with van der Waals surface area (Å²) in [7, 11) is -3.25. The Balaban J connectivity index is 2.16. The Morgan fingerprint density at radius 3 is 2.57 bits per heavy atom. The van der Waals surface area contributed by atoms with Gasteiger partial charge in [0, 0.05) is 23.2 Å². The molecule has 21 heavy (non-hydrogen) atoms. The maximum Gasteiger partial charge on any atom is 0.229 e. The number of thiazole rings is 1. The van der Waals surface area contributed by atoms with Gasteiger partial charge in [0.1, 0.15) is 11.1 Å². The second-order valence-corrected chi connectivity index (χ2v) is 7.26. The van der Waals surface area contributed by atoms with E-state index in [1.54, 1.807) is 23.5 Å². The van der Waals surface area contributed by atoms with E-state index in [0.29, 0.717) is 12.3 Å². The van der Waals surface area contributed by atoms with Gasteiger partial charge in [-0.3, -0.25) is 4.72 Å². The molecule has 1 aromatic heterocycles. The molecule has 0 aliphatic rings. The number of nitrogens with one attached hydrogen (secondary N) is 1. The normalized spacial score (nSPS) is 13.1. The summed E-state index contributed by atoms with van der Waals surface area (Å²) in [6.45, 7) is 4.59. The molecule has 0 bridgehead atoms. The molecule has 2 rings (SSSR count). The predicted octanol–water partition coefficient (Wildman–Crippen LogP) is 3.28. The zero-order valence-electron chi connectivity index (χ0n) is 12.2. The van der Waals surface area contributed by atoms with Crippen molar-refractivity contribution in [3.05, 3.63) is 34.7 Å². The van der Waals surface area contributed by atoms with Gasteiger partial charge < -0.3 is 4.74 Å². The van der Waals surface area contributed by atoms with Gasteiger partial charge in [0.2, 0.25) is 10.0 Å². The Bertz CT molecular complexity index is 693. The fourth-order valence-electron chi connectivity index (χ4n) is 1.85. The highest BCUT2D eigenvalue weighted by Crippen LogP contribution is 2.27. The quantitative estimate of drug-likeness (QED) is 0.884. The lowest BCUT2D eigenvalue weighted by atomic mass is 10.1. The topological polar surface area (TPSA) is 68.3 Å². The van der Waals surface area contributed by atoms with Crippen LogP contribution < -0.4 is 4.72 Å². The van der Waals surface area contributed by atoms with E-state index >= 15 is 0 Å². The second kappa shape index (κ2) is 6.55. The van der Waals surface area contributed by atoms with Crippen LogP contribution in [0.1, 0.15) is 25.0 Å². The van der Waals surface area contributed by atoms with Crippen molar-refractivity contribution in [3.63, 3.8) is 0 Å². The molecule has 1 N–H and O–H groups in total. The van der Waals surface area contributed by atoms with Crippen molar-refractivity contribution in [2.24, 2.45) is 0 Å². The van der Waals surface area contributed by atoms with Crippen LogP contribution in [-0.2, 0) is 14.8 Å². The summed E-state index contributed by atoms with van der Waals surface area (Å²) in [6, 6.07) is 7.14. The first-order chi connectivity index (χ1) is 9.89. The lowest BCUT2D eigenvalue weighted by Gasteiger charge is -2.07. The van der Waals surface area contributed by atoms with Crippen molar-refractivity contribution in [2.45, 2.75) is 20.0 Å². The molecule has 1 atom stereocenters. The highest BCUT2D eigenvalue weighted by Gasteiger charge is 2.11. The van der Waals surface area contributed by atoms with E-state index in [1.807, 2.05) is 31.4 Å². The third-order valence-corrected chi connectivity index (χ3v) is 4.38. The lowest BCUT2D eigenvalue weighted by Crippen LogP contribution is -2.09. The highest BCUT2D eigenvalue weighted by atomic mass is 32.2. The standard InChI is InChI=1S/C14H18N2O3S2/c1-4-19-10(2)14-15-13(9-20-14)11-5-7-12(8-6-11)16-21(3,17)18/h5-10,16H,4H2,1-3H3/t10-/m1/s1. The summed E-state index contributed by atoms with van der Waals surface area (Å²) in [4.78, 5) is 4.56. The minimum absolute atomic E-state index is 0.0140. The van der Waals surface area contributed by atoms with Gasteiger partial charge in [-0.25, -0.2) is 13.4 Å². The molecule has 0 amide bonds. The van der Waals surface area contributed by atoms with Crippen LogP contribution in [0.3, 0.4) is 0 Å². The molecule has 5 nitrogen and oxygen atoms in total. The molecule has 7 heteroatoms. The van der Waals surface area contributed by atoms with Crippen LogP contribution in [0.2, 0.25) is 0 Å². The third-order valence-electron chi connectivity index (χ3n) is 2.77. The van der Waals surface area contributed by atoms with Crippen LogP contribution in [0.4, 0.5) is 5.69 Å². The van der Waals surface area contributed by atoms with Gasteiger partial charge in [-0.15, -0.1) is 11.3 Å². The minimum atomic E-state index is -3.25. The monoisotopic (exact) mass is 326 g/mol. The number of benzene rings is 1. The molecule has 0 unspecified atom stereocenters. The van der Waals surface area contributed by atoms with Crippen molar-refractivity contribution in [2.75, 3.05) is 17.6 Å². The molecule has 114 valence electrons. The Morgan fingerprint density at radius 2 is 2.00 bits per heavy atom. The molecule has 0 saturated carbocycles. The Hall–Kier alpha value is -1.44. The van der Waals surface area contributed by atoms with E-state index in [1.165, 1.54) is 0 Å². The first-order valence-electron chi connectivity index (χ1n) is 6.54. The van der Waals surface area contributed by atoms with Gasteiger partial charge in [-0.05, 0) is 26.0 Å². The molecule has 0 radical (unpaired) electrons. The predicted molar refractivity (Wildman–Crippen MR) is 86.1 cm³/mol. The van der Waals surface area contributed by atoms with Crippen LogP contribution in [0.15, 0.2) is 29.6 Å². The van der Waals surface area contributed by atoms with E-state index < -0.39 is 10.0 Å². The van der Waals surface area contributed by atoms with Crippen LogP contribution >= 0.6 is 11.3 Å². The number of ether oxygens (including phenoxy) is 1. The van der Waals surface area contributed by atoms with Crippen LogP contribution in [0.25, 0.3) is 11.3 Å². The van der Waals surface area contributed by atoms with E-state index in [9.17, 15) is 8.42 Å². The number of hydrogen-bond donors (Lipinski definition) is 1. The number of nitrogens with zero attached hydrogens (tertiary/aromatic N) is 1. The van der Waals surface area contributed by atoms with Crippen molar-refractivity contribution in [1.29, 1.82) is 0 Å². The fourth-order valence-corrected chi connectivity index (χ4v) is 3.25. The van der Waals surface area contributed by atoms with Crippen molar-refractivity contribution >= 4 is 27.0 Å². The maximum absolute atomic E-state index is 11.2. The van der Waals surface area contributed by atoms with Crippen LogP contribution in [0.5, 0.6) is 0 Å². The molecular weight excluding hydrogens is 308 g/mol.